The summed E-state index contributed by atoms with van der Waals surface area (Å²) in [6, 6.07) is 11.9. The molecule has 27 heavy (non-hydrogen) atoms. The zero-order chi connectivity index (χ0) is 20.1. The first-order chi connectivity index (χ1) is 12.7. The lowest BCUT2D eigenvalue weighted by atomic mass is 10.1. The number of carbonyl (C=O) groups excluding carboxylic acids is 1. The van der Waals surface area contributed by atoms with Crippen molar-refractivity contribution in [3.05, 3.63) is 68.8 Å². The monoisotopic (exact) mass is 364 g/mol. The van der Waals surface area contributed by atoms with Crippen molar-refractivity contribution < 1.29 is 9.72 Å². The molecule has 0 saturated carbocycles. The fraction of sp³-hybridized carbons (Fsp3) is 0.200. The van der Waals surface area contributed by atoms with Crippen molar-refractivity contribution >= 4 is 29.0 Å². The Bertz CT molecular complexity index is 972. The van der Waals surface area contributed by atoms with E-state index in [0.717, 1.165) is 11.1 Å². The summed E-state index contributed by atoms with van der Waals surface area (Å²) in [5.41, 5.74) is 3.16. The Hall–Kier alpha value is -3.66. The maximum absolute atomic E-state index is 12.5. The number of benzene rings is 2. The molecule has 0 atom stereocenters. The lowest BCUT2D eigenvalue weighted by molar-refractivity contribution is -0.384. The van der Waals surface area contributed by atoms with Gasteiger partial charge >= 0.3 is 0 Å². The van der Waals surface area contributed by atoms with Gasteiger partial charge in [-0.2, -0.15) is 5.26 Å². The molecule has 7 nitrogen and oxygen atoms in total. The number of amides is 1. The summed E-state index contributed by atoms with van der Waals surface area (Å²) in [5.74, 6) is -0.564. The molecule has 0 spiro atoms. The van der Waals surface area contributed by atoms with Crippen molar-refractivity contribution in [1.29, 1.82) is 5.26 Å². The average Bonchev–Trinajstić information content (AvgIpc) is 2.63. The van der Waals surface area contributed by atoms with Gasteiger partial charge in [0.15, 0.2) is 0 Å². The standard InChI is InChI=1S/C20H20N4O3/c1-13-6-5-7-17(14(13)2)22-20(25)16(12-21)10-15-8-9-18(23(3)4)19(11-15)24(26)27/h5-11H,1-4H3,(H,22,25)/b16-10+. The Kier molecular flexibility index (Phi) is 5.93. The third-order valence-electron chi connectivity index (χ3n) is 4.21. The second-order valence-corrected chi connectivity index (χ2v) is 6.27. The molecular formula is C20H20N4O3. The van der Waals surface area contributed by atoms with Gasteiger partial charge < -0.3 is 10.2 Å². The van der Waals surface area contributed by atoms with Crippen molar-refractivity contribution in [2.45, 2.75) is 13.8 Å². The minimum atomic E-state index is -0.564. The zero-order valence-corrected chi connectivity index (χ0v) is 15.6. The van der Waals surface area contributed by atoms with Gasteiger partial charge in [-0.1, -0.05) is 18.2 Å². The molecule has 0 aliphatic carbocycles. The largest absolute Gasteiger partial charge is 0.372 e. The van der Waals surface area contributed by atoms with Gasteiger partial charge in [0, 0.05) is 25.8 Å². The van der Waals surface area contributed by atoms with Crippen LogP contribution >= 0.6 is 0 Å². The number of carbonyl (C=O) groups is 1. The number of aryl methyl sites for hydroxylation is 1. The van der Waals surface area contributed by atoms with E-state index in [4.69, 9.17) is 0 Å². The van der Waals surface area contributed by atoms with Crippen LogP contribution in [-0.4, -0.2) is 24.9 Å². The quantitative estimate of drug-likeness (QED) is 0.376. The molecule has 1 amide bonds. The fourth-order valence-electron chi connectivity index (χ4n) is 2.55. The fourth-order valence-corrected chi connectivity index (χ4v) is 2.55. The zero-order valence-electron chi connectivity index (χ0n) is 15.6. The van der Waals surface area contributed by atoms with E-state index in [2.05, 4.69) is 5.32 Å². The predicted molar refractivity (Wildman–Crippen MR) is 106 cm³/mol. The van der Waals surface area contributed by atoms with Crippen LogP contribution in [0.1, 0.15) is 16.7 Å². The van der Waals surface area contributed by atoms with Crippen molar-refractivity contribution in [3.8, 4) is 6.07 Å². The molecule has 0 heterocycles. The maximum atomic E-state index is 12.5. The van der Waals surface area contributed by atoms with E-state index in [1.165, 1.54) is 12.1 Å². The van der Waals surface area contributed by atoms with Gasteiger partial charge in [0.2, 0.25) is 0 Å². The number of nitro groups is 1. The Balaban J connectivity index is 2.37. The first kappa shape index (κ1) is 19.7. The van der Waals surface area contributed by atoms with Crippen molar-refractivity contribution in [2.75, 3.05) is 24.3 Å². The van der Waals surface area contributed by atoms with E-state index >= 15 is 0 Å². The summed E-state index contributed by atoms with van der Waals surface area (Å²) in [4.78, 5) is 24.9. The van der Waals surface area contributed by atoms with Crippen LogP contribution in [0.5, 0.6) is 0 Å². The highest BCUT2D eigenvalue weighted by Crippen LogP contribution is 2.28. The lowest BCUT2D eigenvalue weighted by Crippen LogP contribution is -2.14. The molecule has 1 N–H and O–H groups in total. The van der Waals surface area contributed by atoms with Crippen LogP contribution in [0.25, 0.3) is 6.08 Å². The van der Waals surface area contributed by atoms with Gasteiger partial charge in [-0.15, -0.1) is 0 Å². The number of nitrogens with zero attached hydrogens (tertiary/aromatic N) is 3. The number of nitriles is 1. The third kappa shape index (κ3) is 4.50. The maximum Gasteiger partial charge on any atom is 0.293 e. The Morgan fingerprint density at radius 2 is 1.96 bits per heavy atom. The molecule has 0 aliphatic heterocycles. The summed E-state index contributed by atoms with van der Waals surface area (Å²) in [7, 11) is 3.41. The van der Waals surface area contributed by atoms with Crippen molar-refractivity contribution in [2.24, 2.45) is 0 Å². The number of rotatable bonds is 5. The second-order valence-electron chi connectivity index (χ2n) is 6.27. The van der Waals surface area contributed by atoms with Crippen LogP contribution in [0.2, 0.25) is 0 Å². The summed E-state index contributed by atoms with van der Waals surface area (Å²) < 4.78 is 0. The lowest BCUT2D eigenvalue weighted by Gasteiger charge is -2.13. The van der Waals surface area contributed by atoms with E-state index in [9.17, 15) is 20.2 Å². The van der Waals surface area contributed by atoms with Crippen LogP contribution in [0, 0.1) is 35.3 Å². The van der Waals surface area contributed by atoms with Gasteiger partial charge in [-0.25, -0.2) is 0 Å². The molecule has 2 aromatic rings. The predicted octanol–water partition coefficient (Wildman–Crippen LogP) is 3.82. The SMILES string of the molecule is Cc1cccc(NC(=O)/C(C#N)=C/c2ccc(N(C)C)c([N+](=O)[O-])c2)c1C. The Morgan fingerprint density at radius 1 is 1.26 bits per heavy atom. The summed E-state index contributed by atoms with van der Waals surface area (Å²) in [6.45, 7) is 3.81. The molecule has 7 heteroatoms. The minimum absolute atomic E-state index is 0.0963. The second kappa shape index (κ2) is 8.15. The highest BCUT2D eigenvalue weighted by atomic mass is 16.6. The Morgan fingerprint density at radius 3 is 2.56 bits per heavy atom. The molecule has 0 fully saturated rings. The number of hydrogen-bond donors (Lipinski definition) is 1. The highest BCUT2D eigenvalue weighted by Gasteiger charge is 2.17. The number of anilines is 2. The van der Waals surface area contributed by atoms with Gasteiger partial charge in [-0.05, 0) is 48.7 Å². The first-order valence-electron chi connectivity index (χ1n) is 8.19. The normalized spacial score (nSPS) is 10.9. The summed E-state index contributed by atoms with van der Waals surface area (Å²) in [5, 5.41) is 23.4. The van der Waals surface area contributed by atoms with Crippen LogP contribution in [0.3, 0.4) is 0 Å². The molecule has 0 unspecified atom stereocenters. The summed E-state index contributed by atoms with van der Waals surface area (Å²) in [6.07, 6.45) is 1.34. The van der Waals surface area contributed by atoms with E-state index in [-0.39, 0.29) is 11.3 Å². The molecule has 0 radical (unpaired) electrons. The van der Waals surface area contributed by atoms with Gasteiger partial charge in [0.25, 0.3) is 11.6 Å². The molecule has 0 aliphatic rings. The summed E-state index contributed by atoms with van der Waals surface area (Å²) >= 11 is 0. The van der Waals surface area contributed by atoms with Crippen molar-refractivity contribution in [1.82, 2.24) is 0 Å². The third-order valence-corrected chi connectivity index (χ3v) is 4.21. The Labute approximate surface area is 157 Å². The molecule has 0 bridgehead atoms. The molecule has 0 aromatic heterocycles. The molecule has 2 rings (SSSR count). The highest BCUT2D eigenvalue weighted by molar-refractivity contribution is 6.10. The first-order valence-corrected chi connectivity index (χ1v) is 8.19. The smallest absolute Gasteiger partial charge is 0.293 e. The number of nitrogens with one attached hydrogen (secondary N) is 1. The molecule has 138 valence electrons. The number of nitro benzene ring substituents is 1. The molecule has 0 saturated heterocycles. The molecule has 2 aromatic carbocycles. The van der Waals surface area contributed by atoms with Crippen LogP contribution in [0.4, 0.5) is 17.1 Å². The van der Waals surface area contributed by atoms with Crippen LogP contribution in [0.15, 0.2) is 42.0 Å². The van der Waals surface area contributed by atoms with Crippen LogP contribution < -0.4 is 10.2 Å². The van der Waals surface area contributed by atoms with Gasteiger partial charge in [0.1, 0.15) is 17.3 Å². The van der Waals surface area contributed by atoms with E-state index in [0.29, 0.717) is 16.9 Å². The van der Waals surface area contributed by atoms with E-state index in [1.54, 1.807) is 37.2 Å². The van der Waals surface area contributed by atoms with Gasteiger partial charge in [0.05, 0.1) is 4.92 Å². The van der Waals surface area contributed by atoms with Crippen LogP contribution in [-0.2, 0) is 4.79 Å². The number of hydrogen-bond acceptors (Lipinski definition) is 5. The average molecular weight is 364 g/mol. The molecular weight excluding hydrogens is 344 g/mol. The van der Waals surface area contributed by atoms with E-state index in [1.807, 2.05) is 32.0 Å². The minimum Gasteiger partial charge on any atom is -0.372 e. The van der Waals surface area contributed by atoms with E-state index < -0.39 is 10.8 Å². The topological polar surface area (TPSA) is 99.3 Å². The van der Waals surface area contributed by atoms with Gasteiger partial charge in [-0.3, -0.25) is 14.9 Å². The van der Waals surface area contributed by atoms with Crippen molar-refractivity contribution in [3.63, 3.8) is 0 Å².